The fourth-order valence-electron chi connectivity index (χ4n) is 3.59. The lowest BCUT2D eigenvalue weighted by Crippen LogP contribution is -2.27. The SMILES string of the molecule is Cc1ccccc1-n1ncc(C(=O)NC(C)c2cccc(OC(F)F)c2)c1C1CC1. The summed E-state index contributed by atoms with van der Waals surface area (Å²) in [5, 5.41) is 7.47. The van der Waals surface area contributed by atoms with Gasteiger partial charge in [-0.15, -0.1) is 0 Å². The van der Waals surface area contributed by atoms with Crippen LogP contribution >= 0.6 is 0 Å². The Bertz CT molecular complexity index is 1060. The van der Waals surface area contributed by atoms with Crippen LogP contribution in [0.4, 0.5) is 8.78 Å². The van der Waals surface area contributed by atoms with Crippen molar-refractivity contribution in [1.29, 1.82) is 0 Å². The van der Waals surface area contributed by atoms with Crippen molar-refractivity contribution in [2.75, 3.05) is 0 Å². The number of benzene rings is 2. The molecule has 1 aliphatic rings. The molecule has 2 aromatic carbocycles. The number of rotatable bonds is 7. The summed E-state index contributed by atoms with van der Waals surface area (Å²) in [5.41, 5.74) is 4.19. The second-order valence-corrected chi connectivity index (χ2v) is 7.56. The fourth-order valence-corrected chi connectivity index (χ4v) is 3.59. The number of hydrogen-bond acceptors (Lipinski definition) is 3. The van der Waals surface area contributed by atoms with Crippen LogP contribution in [0.5, 0.6) is 5.75 Å². The Balaban J connectivity index is 1.58. The van der Waals surface area contributed by atoms with E-state index in [-0.39, 0.29) is 17.7 Å². The smallest absolute Gasteiger partial charge is 0.387 e. The number of nitrogens with zero attached hydrogens (tertiary/aromatic N) is 2. The molecule has 0 radical (unpaired) electrons. The largest absolute Gasteiger partial charge is 0.435 e. The first-order chi connectivity index (χ1) is 14.4. The lowest BCUT2D eigenvalue weighted by molar-refractivity contribution is -0.0499. The van der Waals surface area contributed by atoms with Gasteiger partial charge in [-0.2, -0.15) is 13.9 Å². The van der Waals surface area contributed by atoms with E-state index in [2.05, 4.69) is 15.2 Å². The van der Waals surface area contributed by atoms with Gasteiger partial charge in [0.1, 0.15) is 5.75 Å². The van der Waals surface area contributed by atoms with Crippen LogP contribution in [0.25, 0.3) is 5.69 Å². The van der Waals surface area contributed by atoms with Crippen LogP contribution in [0.15, 0.2) is 54.7 Å². The summed E-state index contributed by atoms with van der Waals surface area (Å²) in [5.74, 6) is 0.144. The number of ether oxygens (including phenoxy) is 1. The normalized spacial score (nSPS) is 14.6. The average molecular weight is 411 g/mol. The summed E-state index contributed by atoms with van der Waals surface area (Å²) in [7, 11) is 0. The molecule has 0 spiro atoms. The Morgan fingerprint density at radius 3 is 2.67 bits per heavy atom. The third-order valence-electron chi connectivity index (χ3n) is 5.29. The van der Waals surface area contributed by atoms with Gasteiger partial charge in [0.05, 0.1) is 29.2 Å². The zero-order valence-electron chi connectivity index (χ0n) is 16.8. The second kappa shape index (κ2) is 8.26. The van der Waals surface area contributed by atoms with Crippen LogP contribution in [-0.4, -0.2) is 22.3 Å². The fraction of sp³-hybridized carbons (Fsp3) is 0.304. The van der Waals surface area contributed by atoms with Crippen LogP contribution in [0.3, 0.4) is 0 Å². The molecule has 0 aliphatic heterocycles. The molecule has 1 aliphatic carbocycles. The van der Waals surface area contributed by atoms with E-state index in [0.717, 1.165) is 29.8 Å². The van der Waals surface area contributed by atoms with Crippen LogP contribution < -0.4 is 10.1 Å². The molecule has 1 unspecified atom stereocenters. The quantitative estimate of drug-likeness (QED) is 0.585. The van der Waals surface area contributed by atoms with Crippen molar-refractivity contribution in [1.82, 2.24) is 15.1 Å². The first kappa shape index (κ1) is 20.1. The van der Waals surface area contributed by atoms with Gasteiger partial charge in [0, 0.05) is 5.92 Å². The molecular formula is C23H23F2N3O2. The Labute approximate surface area is 173 Å². The van der Waals surface area contributed by atoms with Crippen molar-refractivity contribution in [3.63, 3.8) is 0 Å². The molecule has 5 nitrogen and oxygen atoms in total. The average Bonchev–Trinajstić information content (AvgIpc) is 3.46. The Morgan fingerprint density at radius 1 is 1.20 bits per heavy atom. The zero-order valence-corrected chi connectivity index (χ0v) is 16.8. The topological polar surface area (TPSA) is 56.2 Å². The number of amides is 1. The van der Waals surface area contributed by atoms with Gasteiger partial charge >= 0.3 is 6.61 Å². The van der Waals surface area contributed by atoms with Crippen molar-refractivity contribution in [3.05, 3.63) is 77.1 Å². The van der Waals surface area contributed by atoms with Crippen molar-refractivity contribution in [2.45, 2.75) is 45.3 Å². The summed E-state index contributed by atoms with van der Waals surface area (Å²) in [6.07, 6.45) is 3.67. The van der Waals surface area contributed by atoms with E-state index in [1.54, 1.807) is 18.3 Å². The maximum Gasteiger partial charge on any atom is 0.387 e. The molecule has 1 fully saturated rings. The molecule has 3 aromatic rings. The van der Waals surface area contributed by atoms with Gasteiger partial charge in [0.15, 0.2) is 0 Å². The summed E-state index contributed by atoms with van der Waals surface area (Å²) < 4.78 is 31.3. The van der Waals surface area contributed by atoms with Crippen molar-refractivity contribution in [3.8, 4) is 11.4 Å². The van der Waals surface area contributed by atoms with Crippen LogP contribution in [0.2, 0.25) is 0 Å². The minimum atomic E-state index is -2.89. The van der Waals surface area contributed by atoms with Gasteiger partial charge in [0.25, 0.3) is 5.91 Å². The highest BCUT2D eigenvalue weighted by atomic mass is 19.3. The molecule has 0 bridgehead atoms. The molecule has 1 atom stereocenters. The first-order valence-corrected chi connectivity index (χ1v) is 9.93. The van der Waals surface area contributed by atoms with Crippen LogP contribution in [0, 0.1) is 6.92 Å². The van der Waals surface area contributed by atoms with Crippen molar-refractivity contribution in [2.24, 2.45) is 0 Å². The number of para-hydroxylation sites is 1. The van der Waals surface area contributed by atoms with Crippen LogP contribution in [0.1, 0.15) is 58.9 Å². The standard InChI is InChI=1S/C23H23F2N3O2/c1-14-6-3-4-9-20(14)28-21(16-10-11-16)19(13-26-28)22(29)27-15(2)17-7-5-8-18(12-17)30-23(24)25/h3-9,12-13,15-16,23H,10-11H2,1-2H3,(H,27,29). The van der Waals surface area contributed by atoms with Gasteiger partial charge in [-0.25, -0.2) is 4.68 Å². The molecule has 7 heteroatoms. The number of alkyl halides is 2. The monoisotopic (exact) mass is 411 g/mol. The van der Waals surface area contributed by atoms with E-state index in [1.165, 1.54) is 12.1 Å². The number of carbonyl (C=O) groups excluding carboxylic acids is 1. The van der Waals surface area contributed by atoms with E-state index in [1.807, 2.05) is 42.8 Å². The van der Waals surface area contributed by atoms with Gasteiger partial charge in [-0.05, 0) is 56.0 Å². The van der Waals surface area contributed by atoms with Gasteiger partial charge in [-0.1, -0.05) is 30.3 Å². The molecule has 1 amide bonds. The number of carbonyl (C=O) groups is 1. The first-order valence-electron chi connectivity index (χ1n) is 9.93. The number of hydrogen-bond donors (Lipinski definition) is 1. The number of aryl methyl sites for hydroxylation is 1. The Hall–Kier alpha value is -3.22. The Kier molecular flexibility index (Phi) is 5.53. The number of halogens is 2. The second-order valence-electron chi connectivity index (χ2n) is 7.56. The molecule has 0 saturated heterocycles. The molecule has 1 heterocycles. The molecule has 4 rings (SSSR count). The summed E-state index contributed by atoms with van der Waals surface area (Å²) in [4.78, 5) is 13.1. The third-order valence-corrected chi connectivity index (χ3v) is 5.29. The molecular weight excluding hydrogens is 388 g/mol. The highest BCUT2D eigenvalue weighted by Gasteiger charge is 2.33. The maximum absolute atomic E-state index is 13.1. The lowest BCUT2D eigenvalue weighted by atomic mass is 10.1. The zero-order chi connectivity index (χ0) is 21.3. The molecule has 1 saturated carbocycles. The minimum Gasteiger partial charge on any atom is -0.435 e. The summed E-state index contributed by atoms with van der Waals surface area (Å²) in [6.45, 7) is 0.935. The van der Waals surface area contributed by atoms with Gasteiger partial charge in [-0.3, -0.25) is 4.79 Å². The molecule has 156 valence electrons. The van der Waals surface area contributed by atoms with Crippen molar-refractivity contribution < 1.29 is 18.3 Å². The summed E-state index contributed by atoms with van der Waals surface area (Å²) >= 11 is 0. The predicted molar refractivity (Wildman–Crippen MR) is 109 cm³/mol. The summed E-state index contributed by atoms with van der Waals surface area (Å²) in [6, 6.07) is 13.9. The van der Waals surface area contributed by atoms with Gasteiger partial charge < -0.3 is 10.1 Å². The van der Waals surface area contributed by atoms with E-state index in [4.69, 9.17) is 0 Å². The molecule has 30 heavy (non-hydrogen) atoms. The molecule has 1 N–H and O–H groups in total. The van der Waals surface area contributed by atoms with Crippen molar-refractivity contribution >= 4 is 5.91 Å². The number of aromatic nitrogens is 2. The molecule has 1 aromatic heterocycles. The van der Waals surface area contributed by atoms with E-state index >= 15 is 0 Å². The lowest BCUT2D eigenvalue weighted by Gasteiger charge is -2.16. The highest BCUT2D eigenvalue weighted by molar-refractivity contribution is 5.95. The minimum absolute atomic E-state index is 0.0645. The maximum atomic E-state index is 13.1. The predicted octanol–water partition coefficient (Wildman–Crippen LogP) is 5.15. The van der Waals surface area contributed by atoms with E-state index in [9.17, 15) is 13.6 Å². The van der Waals surface area contributed by atoms with Gasteiger partial charge in [0.2, 0.25) is 0 Å². The highest BCUT2D eigenvalue weighted by Crippen LogP contribution is 2.42. The third kappa shape index (κ3) is 4.20. The van der Waals surface area contributed by atoms with E-state index in [0.29, 0.717) is 17.0 Å². The number of nitrogens with one attached hydrogen (secondary N) is 1. The Morgan fingerprint density at radius 2 is 1.97 bits per heavy atom. The van der Waals surface area contributed by atoms with Crippen LogP contribution in [-0.2, 0) is 0 Å². The van der Waals surface area contributed by atoms with E-state index < -0.39 is 6.61 Å².